The largest absolute Gasteiger partial charge is 0.461 e. The van der Waals surface area contributed by atoms with E-state index in [0.29, 0.717) is 63.8 Å². The highest BCUT2D eigenvalue weighted by molar-refractivity contribution is 7.91. The van der Waals surface area contributed by atoms with Crippen molar-refractivity contribution in [1.29, 1.82) is 0 Å². The van der Waals surface area contributed by atoms with Gasteiger partial charge in [-0.3, -0.25) is 23.7 Å². The molecule has 2 heterocycles. The molecule has 0 saturated heterocycles. The van der Waals surface area contributed by atoms with E-state index in [9.17, 15) is 27.6 Å². The number of Topliss-reactive ketones (excluding diaryl/α,β-unsaturated/α-hetero) is 1. The van der Waals surface area contributed by atoms with E-state index in [4.69, 9.17) is 20.2 Å². The summed E-state index contributed by atoms with van der Waals surface area (Å²) >= 11 is 0. The van der Waals surface area contributed by atoms with Crippen LogP contribution in [0.3, 0.4) is 0 Å². The molecule has 0 aliphatic heterocycles. The third kappa shape index (κ3) is 11.1. The fourth-order valence-electron chi connectivity index (χ4n) is 8.06. The van der Waals surface area contributed by atoms with E-state index in [1.165, 1.54) is 6.33 Å². The highest BCUT2D eigenvalue weighted by Gasteiger charge is 2.52. The van der Waals surface area contributed by atoms with Crippen molar-refractivity contribution in [3.63, 3.8) is 0 Å². The highest BCUT2D eigenvalue weighted by Crippen LogP contribution is 2.44. The van der Waals surface area contributed by atoms with Gasteiger partial charge in [0.2, 0.25) is 21.8 Å². The number of amides is 3. The van der Waals surface area contributed by atoms with Crippen LogP contribution in [0.1, 0.15) is 125 Å². The maximum absolute atomic E-state index is 14.5. The molecule has 60 heavy (non-hydrogen) atoms. The molecule has 3 aromatic rings. The van der Waals surface area contributed by atoms with Gasteiger partial charge in [-0.05, 0) is 118 Å². The number of carbonyl (C=O) groups excluding carboxylic acids is 4. The Morgan fingerprint density at radius 3 is 2.38 bits per heavy atom. The van der Waals surface area contributed by atoms with Crippen molar-refractivity contribution < 1.29 is 37.1 Å². The van der Waals surface area contributed by atoms with Gasteiger partial charge in [0.05, 0.1) is 16.3 Å². The van der Waals surface area contributed by atoms with Crippen LogP contribution in [0.4, 0.5) is 4.79 Å². The van der Waals surface area contributed by atoms with Crippen LogP contribution in [0, 0.1) is 23.7 Å². The summed E-state index contributed by atoms with van der Waals surface area (Å²) in [6, 6.07) is 5.42. The van der Waals surface area contributed by atoms with Crippen LogP contribution < -0.4 is 20.5 Å². The number of para-hydroxylation sites is 1. The lowest BCUT2D eigenvalue weighted by Crippen LogP contribution is -2.46. The third-order valence-electron chi connectivity index (χ3n) is 11.9. The van der Waals surface area contributed by atoms with Crippen LogP contribution in [-0.2, 0) is 29.1 Å². The van der Waals surface area contributed by atoms with Crippen LogP contribution >= 0.6 is 0 Å². The Morgan fingerprint density at radius 2 is 1.72 bits per heavy atom. The second-order valence-electron chi connectivity index (χ2n) is 18.3. The summed E-state index contributed by atoms with van der Waals surface area (Å²) in [5.74, 6) is -2.34. The second kappa shape index (κ2) is 18.4. The summed E-state index contributed by atoms with van der Waals surface area (Å²) in [5, 5.41) is 2.86. The minimum Gasteiger partial charge on any atom is -0.461 e. The number of hydrogen-bond acceptors (Lipinski definition) is 11. The zero-order valence-electron chi connectivity index (χ0n) is 35.7. The van der Waals surface area contributed by atoms with Gasteiger partial charge in [0.1, 0.15) is 23.5 Å². The molecule has 3 aliphatic carbocycles. The molecule has 3 aliphatic rings. The Kier molecular flexibility index (Phi) is 13.7. The van der Waals surface area contributed by atoms with Crippen LogP contribution in [0.5, 0.6) is 6.01 Å². The first-order chi connectivity index (χ1) is 28.4. The molecule has 1 aromatic carbocycles. The molecule has 16 heteroatoms. The van der Waals surface area contributed by atoms with Gasteiger partial charge >= 0.3 is 6.09 Å². The molecule has 0 radical (unpaired) electrons. The molecule has 3 fully saturated rings. The van der Waals surface area contributed by atoms with Gasteiger partial charge in [-0.15, -0.1) is 0 Å². The van der Waals surface area contributed by atoms with Gasteiger partial charge in [-0.1, -0.05) is 37.1 Å². The van der Waals surface area contributed by atoms with Crippen LogP contribution in [0.15, 0.2) is 49.1 Å². The first-order valence-electron chi connectivity index (χ1n) is 21.3. The summed E-state index contributed by atoms with van der Waals surface area (Å²) in [6.45, 7) is 11.0. The quantitative estimate of drug-likeness (QED) is 0.0694. The van der Waals surface area contributed by atoms with Crippen molar-refractivity contribution in [3.8, 4) is 17.1 Å². The van der Waals surface area contributed by atoms with E-state index in [2.05, 4.69) is 20.0 Å². The van der Waals surface area contributed by atoms with Crippen molar-refractivity contribution in [2.24, 2.45) is 29.4 Å². The zero-order valence-corrected chi connectivity index (χ0v) is 36.5. The molecule has 0 bridgehead atoms. The number of unbranched alkanes of at least 4 members (excludes halogenated alkanes) is 3. The minimum atomic E-state index is -3.64. The van der Waals surface area contributed by atoms with Crippen LogP contribution in [0.2, 0.25) is 0 Å². The van der Waals surface area contributed by atoms with E-state index in [1.54, 1.807) is 40.1 Å². The van der Waals surface area contributed by atoms with E-state index < -0.39 is 62.3 Å². The fourth-order valence-corrected chi connectivity index (χ4v) is 9.37. The normalized spacial score (nSPS) is 23.1. The molecule has 15 nitrogen and oxygen atoms in total. The van der Waals surface area contributed by atoms with Gasteiger partial charge in [0, 0.05) is 47.3 Å². The third-order valence-corrected chi connectivity index (χ3v) is 14.1. The highest BCUT2D eigenvalue weighted by atomic mass is 32.2. The molecule has 0 spiro atoms. The van der Waals surface area contributed by atoms with E-state index in [0.717, 1.165) is 41.4 Å². The minimum absolute atomic E-state index is 0.0279. The number of nitrogens with zero attached hydrogens (tertiary/aromatic N) is 4. The summed E-state index contributed by atoms with van der Waals surface area (Å²) in [5.41, 5.74) is 8.36. The smallest absolute Gasteiger partial charge is 0.408 e. The molecule has 3 saturated carbocycles. The van der Waals surface area contributed by atoms with E-state index >= 15 is 0 Å². The number of ether oxygens (including phenoxy) is 2. The number of imidazole rings is 1. The van der Waals surface area contributed by atoms with E-state index in [1.807, 2.05) is 48.8 Å². The number of benzene rings is 1. The van der Waals surface area contributed by atoms with Crippen LogP contribution in [-0.4, -0.2) is 74.1 Å². The molecule has 326 valence electrons. The zero-order chi connectivity index (χ0) is 43.4. The summed E-state index contributed by atoms with van der Waals surface area (Å²) in [4.78, 5) is 66.1. The first-order valence-corrected chi connectivity index (χ1v) is 22.8. The predicted octanol–water partition coefficient (Wildman–Crippen LogP) is 6.72. The molecule has 6 rings (SSSR count). The molecule has 2 aromatic heterocycles. The Bertz CT molecular complexity index is 2180. The molecular weight excluding hydrogens is 787 g/mol. The number of alkyl carbamates (subject to hydrolysis) is 1. The van der Waals surface area contributed by atoms with Crippen molar-refractivity contribution in [3.05, 3.63) is 49.1 Å². The van der Waals surface area contributed by atoms with Gasteiger partial charge in [0.25, 0.3) is 6.01 Å². The maximum atomic E-state index is 14.5. The molecule has 6 unspecified atom stereocenters. The SMILES string of the molecule is CC(C)n1c(OC2CC(C(N)=O)CCC(C(=O)C(CCCCCC=CC3CC3C(=O)NS(=O)(=O)C3(C)CC3)NC(=O)OC(C)(C)C)C2)nc2c(-c3cncnc3)cccc21. The lowest BCUT2D eigenvalue weighted by atomic mass is 9.88. The van der Waals surface area contributed by atoms with Crippen LogP contribution in [0.25, 0.3) is 22.2 Å². The average Bonchev–Trinajstić information content (AvgIpc) is 4.10. The number of fused-ring (bicyclic) bond motifs is 1. The van der Waals surface area contributed by atoms with Gasteiger partial charge in [-0.2, -0.15) is 4.98 Å². The number of carbonyl (C=O) groups is 4. The standard InChI is InChI=1S/C44H61N7O8S/c1-27(2)51-36-16-12-14-33(31-24-46-26-47-25-31)37(36)49-41(51)58-32-21-29(17-18-30(22-32)39(45)53)38(52)35(48-42(55)59-43(3,4)5)15-11-9-7-8-10-13-28-23-34(28)40(54)50-60(56,57)44(6)19-20-44/h10,12-14,16,24-30,32,34-35H,7-9,11,15,17-23H2,1-6H3,(H2,45,53)(H,48,55)(H,50,54). The summed E-state index contributed by atoms with van der Waals surface area (Å²) in [7, 11) is -3.64. The average molecular weight is 848 g/mol. The lowest BCUT2D eigenvalue weighted by molar-refractivity contribution is -0.126. The Balaban J connectivity index is 1.10. The molecule has 6 atom stereocenters. The lowest BCUT2D eigenvalue weighted by Gasteiger charge is -2.27. The second-order valence-corrected chi connectivity index (χ2v) is 20.5. The van der Waals surface area contributed by atoms with Gasteiger partial charge in [0.15, 0.2) is 5.78 Å². The number of allylic oxidation sites excluding steroid dienone is 2. The maximum Gasteiger partial charge on any atom is 0.408 e. The number of ketones is 1. The molecule has 3 amide bonds. The number of nitrogens with two attached hydrogens (primary N) is 1. The van der Waals surface area contributed by atoms with Crippen molar-refractivity contribution in [2.75, 3.05) is 0 Å². The van der Waals surface area contributed by atoms with Crippen molar-refractivity contribution in [1.82, 2.24) is 29.6 Å². The molecule has 4 N–H and O–H groups in total. The number of nitrogens with one attached hydrogen (secondary N) is 2. The monoisotopic (exact) mass is 847 g/mol. The Hall–Kier alpha value is -4.86. The van der Waals surface area contributed by atoms with Gasteiger partial charge in [-0.25, -0.2) is 23.2 Å². The predicted molar refractivity (Wildman–Crippen MR) is 227 cm³/mol. The number of primary amides is 1. The van der Waals surface area contributed by atoms with Crippen molar-refractivity contribution in [2.45, 2.75) is 147 Å². The van der Waals surface area contributed by atoms with Crippen molar-refractivity contribution >= 4 is 44.7 Å². The number of rotatable bonds is 18. The summed E-state index contributed by atoms with van der Waals surface area (Å²) in [6.07, 6.45) is 14.4. The Morgan fingerprint density at radius 1 is 1.02 bits per heavy atom. The first kappa shape index (κ1) is 44.7. The molecular formula is C44H61N7O8S. The van der Waals surface area contributed by atoms with E-state index in [-0.39, 0.29) is 23.7 Å². The number of aromatic nitrogens is 4. The number of sulfonamides is 1. The Labute approximate surface area is 353 Å². The number of hydrogen-bond donors (Lipinski definition) is 3. The topological polar surface area (TPSA) is 215 Å². The van der Waals surface area contributed by atoms with Gasteiger partial charge < -0.3 is 20.5 Å². The summed E-state index contributed by atoms with van der Waals surface area (Å²) < 4.78 is 40.6. The fraction of sp³-hybridized carbons (Fsp3) is 0.614.